The fraction of sp³-hybridized carbons (Fsp3) is 0.538. The highest BCUT2D eigenvalue weighted by Crippen LogP contribution is 2.38. The molecule has 190 valence electrons. The van der Waals surface area contributed by atoms with Gasteiger partial charge in [-0.15, -0.1) is 0 Å². The Kier molecular flexibility index (Phi) is 7.59. The summed E-state index contributed by atoms with van der Waals surface area (Å²) in [4.78, 5) is 19.7. The van der Waals surface area contributed by atoms with E-state index in [0.717, 1.165) is 5.69 Å². The SMILES string of the molecule is COc1cc(N2CCC(Oc3ccc(N4C[C@H](C)[C@@H](C)[C@@H]4CC(=O)O)cc3F)C(C)C2)c(Cl)cn1. The number of methoxy groups -OCH3 is 1. The van der Waals surface area contributed by atoms with Crippen molar-refractivity contribution < 1.29 is 23.8 Å². The van der Waals surface area contributed by atoms with Gasteiger partial charge in [0.15, 0.2) is 11.6 Å². The lowest BCUT2D eigenvalue weighted by atomic mass is 9.92. The molecule has 2 aliphatic heterocycles. The lowest BCUT2D eigenvalue weighted by Crippen LogP contribution is -2.44. The van der Waals surface area contributed by atoms with Gasteiger partial charge in [-0.05, 0) is 24.0 Å². The number of pyridine rings is 1. The maximum Gasteiger partial charge on any atom is 0.305 e. The quantitative estimate of drug-likeness (QED) is 0.560. The van der Waals surface area contributed by atoms with Gasteiger partial charge >= 0.3 is 5.97 Å². The topological polar surface area (TPSA) is 75.1 Å². The van der Waals surface area contributed by atoms with E-state index in [9.17, 15) is 9.90 Å². The van der Waals surface area contributed by atoms with E-state index in [1.807, 2.05) is 17.0 Å². The Morgan fingerprint density at radius 2 is 2.00 bits per heavy atom. The standard InChI is InChI=1S/C26H33ClFN3O4/c1-15-14-31(21(17(15)3)11-26(32)33)18-5-6-24(20(28)9-18)35-23-7-8-30(13-16(23)2)22-10-25(34-4)29-12-19(22)27/h5-6,9-10,12,15-17,21,23H,7-8,11,13-14H2,1-4H3,(H,32,33)/t15-,16?,17+,21-,23?/m0/s1. The Bertz CT molecular complexity index is 1070. The van der Waals surface area contributed by atoms with Gasteiger partial charge in [-0.3, -0.25) is 4.79 Å². The Hall–Kier alpha value is -2.74. The number of aliphatic carboxylic acids is 1. The van der Waals surface area contributed by atoms with Gasteiger partial charge < -0.3 is 24.4 Å². The van der Waals surface area contributed by atoms with E-state index in [0.29, 0.717) is 48.6 Å². The van der Waals surface area contributed by atoms with Crippen molar-refractivity contribution in [1.82, 2.24) is 4.98 Å². The molecule has 7 nitrogen and oxygen atoms in total. The highest BCUT2D eigenvalue weighted by atomic mass is 35.5. The zero-order valence-electron chi connectivity index (χ0n) is 20.6. The molecule has 0 bridgehead atoms. The molecule has 2 aliphatic rings. The molecule has 2 aromatic rings. The molecule has 4 rings (SSSR count). The molecule has 0 amide bonds. The van der Waals surface area contributed by atoms with Crippen LogP contribution in [0.3, 0.4) is 0 Å². The van der Waals surface area contributed by atoms with Gasteiger partial charge in [0, 0.05) is 55.8 Å². The second kappa shape index (κ2) is 10.5. The van der Waals surface area contributed by atoms with Gasteiger partial charge in [0.25, 0.3) is 0 Å². The van der Waals surface area contributed by atoms with Crippen LogP contribution in [0.4, 0.5) is 15.8 Å². The number of carboxylic acid groups (broad SMARTS) is 1. The van der Waals surface area contributed by atoms with E-state index in [4.69, 9.17) is 21.1 Å². The third kappa shape index (κ3) is 5.42. The average Bonchev–Trinajstić information content (AvgIpc) is 3.10. The van der Waals surface area contributed by atoms with Crippen LogP contribution >= 0.6 is 11.6 Å². The maximum absolute atomic E-state index is 15.1. The molecule has 3 heterocycles. The zero-order valence-corrected chi connectivity index (χ0v) is 21.3. The molecule has 5 atom stereocenters. The van der Waals surface area contributed by atoms with E-state index >= 15 is 4.39 Å². The van der Waals surface area contributed by atoms with Crippen LogP contribution < -0.4 is 19.3 Å². The normalized spacial score (nSPS) is 26.6. The van der Waals surface area contributed by atoms with E-state index in [2.05, 4.69) is 30.7 Å². The molecule has 2 fully saturated rings. The number of hydrogen-bond acceptors (Lipinski definition) is 6. The van der Waals surface area contributed by atoms with Crippen molar-refractivity contribution in [3.63, 3.8) is 0 Å². The summed E-state index contributed by atoms with van der Waals surface area (Å²) < 4.78 is 26.5. The van der Waals surface area contributed by atoms with E-state index in [1.165, 1.54) is 6.07 Å². The molecule has 0 radical (unpaired) electrons. The van der Waals surface area contributed by atoms with Crippen LogP contribution in [0.25, 0.3) is 0 Å². The number of nitrogens with zero attached hydrogens (tertiary/aromatic N) is 3. The van der Waals surface area contributed by atoms with E-state index < -0.39 is 11.8 Å². The number of rotatable bonds is 7. The minimum absolute atomic E-state index is 0.0365. The number of halogens is 2. The molecule has 1 aromatic carbocycles. The summed E-state index contributed by atoms with van der Waals surface area (Å²) in [6, 6.07) is 6.64. The Labute approximate surface area is 210 Å². The van der Waals surface area contributed by atoms with Crippen molar-refractivity contribution in [3.05, 3.63) is 41.3 Å². The first-order valence-electron chi connectivity index (χ1n) is 12.1. The zero-order chi connectivity index (χ0) is 25.3. The van der Waals surface area contributed by atoms with Crippen molar-refractivity contribution in [2.75, 3.05) is 36.5 Å². The van der Waals surface area contributed by atoms with Crippen molar-refractivity contribution in [3.8, 4) is 11.6 Å². The molecule has 0 aliphatic carbocycles. The van der Waals surface area contributed by atoms with Crippen molar-refractivity contribution >= 4 is 28.9 Å². The number of hydrogen-bond donors (Lipinski definition) is 1. The lowest BCUT2D eigenvalue weighted by molar-refractivity contribution is -0.137. The van der Waals surface area contributed by atoms with Crippen molar-refractivity contribution in [2.45, 2.75) is 45.8 Å². The summed E-state index contributed by atoms with van der Waals surface area (Å²) in [7, 11) is 1.57. The summed E-state index contributed by atoms with van der Waals surface area (Å²) in [5, 5.41) is 9.90. The van der Waals surface area contributed by atoms with Gasteiger partial charge in [-0.2, -0.15) is 0 Å². The van der Waals surface area contributed by atoms with E-state index in [1.54, 1.807) is 19.4 Å². The second-order valence-electron chi connectivity index (χ2n) is 9.82. The summed E-state index contributed by atoms with van der Waals surface area (Å²) in [5.74, 6) is 0.137. The Balaban J connectivity index is 1.44. The van der Waals surface area contributed by atoms with Crippen LogP contribution in [-0.4, -0.2) is 54.9 Å². The van der Waals surface area contributed by atoms with E-state index in [-0.39, 0.29) is 36.2 Å². The average molecular weight is 506 g/mol. The number of ether oxygens (including phenoxy) is 2. The maximum atomic E-state index is 15.1. The fourth-order valence-electron chi connectivity index (χ4n) is 5.26. The van der Waals surface area contributed by atoms with Crippen LogP contribution in [0.2, 0.25) is 5.02 Å². The van der Waals surface area contributed by atoms with Gasteiger partial charge in [0.2, 0.25) is 5.88 Å². The molecule has 0 saturated carbocycles. The van der Waals surface area contributed by atoms with Gasteiger partial charge in [0.1, 0.15) is 6.10 Å². The van der Waals surface area contributed by atoms with Crippen LogP contribution in [-0.2, 0) is 4.79 Å². The molecule has 2 unspecified atom stereocenters. The smallest absolute Gasteiger partial charge is 0.305 e. The minimum Gasteiger partial charge on any atom is -0.487 e. The molecule has 1 aromatic heterocycles. The molecule has 1 N–H and O–H groups in total. The predicted octanol–water partition coefficient (Wildman–Crippen LogP) is 5.11. The molecule has 35 heavy (non-hydrogen) atoms. The summed E-state index contributed by atoms with van der Waals surface area (Å²) in [5.41, 5.74) is 1.56. The summed E-state index contributed by atoms with van der Waals surface area (Å²) in [6.07, 6.45) is 2.20. The second-order valence-corrected chi connectivity index (χ2v) is 10.2. The number of aromatic nitrogens is 1. The van der Waals surface area contributed by atoms with Crippen LogP contribution in [0.1, 0.15) is 33.6 Å². The number of carboxylic acids is 1. The van der Waals surface area contributed by atoms with Gasteiger partial charge in [0.05, 0.1) is 30.4 Å². The predicted molar refractivity (Wildman–Crippen MR) is 134 cm³/mol. The van der Waals surface area contributed by atoms with Crippen LogP contribution in [0, 0.1) is 23.6 Å². The minimum atomic E-state index is -0.840. The lowest BCUT2D eigenvalue weighted by Gasteiger charge is -2.38. The Morgan fingerprint density at radius 1 is 1.23 bits per heavy atom. The largest absolute Gasteiger partial charge is 0.487 e. The third-order valence-electron chi connectivity index (χ3n) is 7.49. The Morgan fingerprint density at radius 3 is 2.66 bits per heavy atom. The number of benzene rings is 1. The number of carbonyl (C=O) groups is 1. The third-order valence-corrected chi connectivity index (χ3v) is 7.78. The first-order chi connectivity index (χ1) is 16.7. The first-order valence-corrected chi connectivity index (χ1v) is 12.4. The monoisotopic (exact) mass is 505 g/mol. The highest BCUT2D eigenvalue weighted by Gasteiger charge is 2.38. The summed E-state index contributed by atoms with van der Waals surface area (Å²) >= 11 is 6.37. The summed E-state index contributed by atoms with van der Waals surface area (Å²) in [6.45, 7) is 8.38. The molecular weight excluding hydrogens is 473 g/mol. The molecular formula is C26H33ClFN3O4. The van der Waals surface area contributed by atoms with Gasteiger partial charge in [-0.1, -0.05) is 32.4 Å². The van der Waals surface area contributed by atoms with Gasteiger partial charge in [-0.25, -0.2) is 9.37 Å². The van der Waals surface area contributed by atoms with Crippen LogP contribution in [0.5, 0.6) is 11.6 Å². The highest BCUT2D eigenvalue weighted by molar-refractivity contribution is 6.33. The molecule has 2 saturated heterocycles. The van der Waals surface area contributed by atoms with Crippen molar-refractivity contribution in [2.24, 2.45) is 17.8 Å². The fourth-order valence-corrected chi connectivity index (χ4v) is 5.48. The number of piperidine rings is 1. The first kappa shape index (κ1) is 25.4. The molecule has 0 spiro atoms. The molecule has 9 heteroatoms. The van der Waals surface area contributed by atoms with Crippen LogP contribution in [0.15, 0.2) is 30.5 Å². The van der Waals surface area contributed by atoms with Crippen molar-refractivity contribution in [1.29, 1.82) is 0 Å². The number of anilines is 2.